The quantitative estimate of drug-likeness (QED) is 0.164. The first-order chi connectivity index (χ1) is 15.9. The Morgan fingerprint density at radius 1 is 1.00 bits per heavy atom. The number of carbonyl (C=O) groups is 1. The molecule has 0 fully saturated rings. The Kier molecular flexibility index (Phi) is 11.7. The molecule has 7 heteroatoms. The molecular formula is C26H35ClN2O4. The van der Waals surface area contributed by atoms with Gasteiger partial charge in [0, 0.05) is 18.2 Å². The molecule has 0 saturated heterocycles. The van der Waals surface area contributed by atoms with Gasteiger partial charge in [-0.1, -0.05) is 63.3 Å². The van der Waals surface area contributed by atoms with Crippen molar-refractivity contribution in [1.29, 1.82) is 0 Å². The maximum atomic E-state index is 12.2. The second-order valence-electron chi connectivity index (χ2n) is 8.28. The fraction of sp³-hybridized carbons (Fsp3) is 0.500. The van der Waals surface area contributed by atoms with E-state index in [-0.39, 0.29) is 23.0 Å². The number of nitrogens with one attached hydrogen (secondary N) is 1. The van der Waals surface area contributed by atoms with Crippen molar-refractivity contribution >= 4 is 28.9 Å². The Morgan fingerprint density at radius 2 is 1.73 bits per heavy atom. The van der Waals surface area contributed by atoms with Gasteiger partial charge in [0.15, 0.2) is 0 Å². The molecule has 0 aromatic heterocycles. The SMILES string of the molecule is CCCCCc1ccc(OCCCC(=O)Nc2ccc(Cl)c([N+](=O)[O-])c2)c(CCCCC)c1. The number of nitro groups is 1. The molecule has 0 aliphatic heterocycles. The molecule has 1 N–H and O–H groups in total. The summed E-state index contributed by atoms with van der Waals surface area (Å²) in [5, 5.41) is 13.7. The van der Waals surface area contributed by atoms with Gasteiger partial charge in [0.05, 0.1) is 11.5 Å². The molecule has 0 radical (unpaired) electrons. The Bertz CT molecular complexity index is 917. The van der Waals surface area contributed by atoms with Gasteiger partial charge in [0.2, 0.25) is 5.91 Å². The molecule has 0 atom stereocenters. The van der Waals surface area contributed by atoms with E-state index in [1.807, 2.05) is 0 Å². The van der Waals surface area contributed by atoms with Crippen LogP contribution in [-0.4, -0.2) is 17.4 Å². The Labute approximate surface area is 201 Å². The van der Waals surface area contributed by atoms with Crippen LogP contribution in [-0.2, 0) is 17.6 Å². The van der Waals surface area contributed by atoms with Gasteiger partial charge in [0.25, 0.3) is 5.69 Å². The summed E-state index contributed by atoms with van der Waals surface area (Å²) in [6.07, 6.45) is 10.1. The molecule has 0 spiro atoms. The summed E-state index contributed by atoms with van der Waals surface area (Å²) in [6.45, 7) is 4.85. The number of anilines is 1. The van der Waals surface area contributed by atoms with Crippen LogP contribution in [0.1, 0.15) is 76.3 Å². The molecule has 180 valence electrons. The molecule has 2 aromatic rings. The number of aryl methyl sites for hydroxylation is 2. The van der Waals surface area contributed by atoms with Crippen molar-refractivity contribution in [2.45, 2.75) is 78.1 Å². The molecular weight excluding hydrogens is 440 g/mol. The number of rotatable bonds is 15. The first-order valence-electron chi connectivity index (χ1n) is 11.9. The molecule has 0 aliphatic rings. The molecule has 0 unspecified atom stereocenters. The molecule has 0 heterocycles. The minimum atomic E-state index is -0.570. The minimum absolute atomic E-state index is 0.0394. The largest absolute Gasteiger partial charge is 0.493 e. The van der Waals surface area contributed by atoms with E-state index in [4.69, 9.17) is 16.3 Å². The third kappa shape index (κ3) is 9.42. The number of hydrogen-bond donors (Lipinski definition) is 1. The highest BCUT2D eigenvalue weighted by molar-refractivity contribution is 6.32. The van der Waals surface area contributed by atoms with E-state index in [9.17, 15) is 14.9 Å². The van der Waals surface area contributed by atoms with Crippen molar-refractivity contribution in [2.75, 3.05) is 11.9 Å². The maximum Gasteiger partial charge on any atom is 0.289 e. The molecule has 0 bridgehead atoms. The van der Waals surface area contributed by atoms with Gasteiger partial charge >= 0.3 is 0 Å². The van der Waals surface area contributed by atoms with Crippen molar-refractivity contribution in [2.24, 2.45) is 0 Å². The van der Waals surface area contributed by atoms with Crippen LogP contribution in [0, 0.1) is 10.1 Å². The number of benzene rings is 2. The average molecular weight is 475 g/mol. The van der Waals surface area contributed by atoms with Crippen LogP contribution in [0.2, 0.25) is 5.02 Å². The smallest absolute Gasteiger partial charge is 0.289 e. The highest BCUT2D eigenvalue weighted by atomic mass is 35.5. The molecule has 1 amide bonds. The first kappa shape index (κ1) is 26.7. The number of nitro benzene ring substituents is 1. The molecule has 33 heavy (non-hydrogen) atoms. The topological polar surface area (TPSA) is 81.5 Å². The summed E-state index contributed by atoms with van der Waals surface area (Å²) in [5.74, 6) is 0.684. The minimum Gasteiger partial charge on any atom is -0.493 e. The van der Waals surface area contributed by atoms with E-state index in [2.05, 4.69) is 37.4 Å². The second kappa shape index (κ2) is 14.5. The zero-order valence-electron chi connectivity index (χ0n) is 19.7. The van der Waals surface area contributed by atoms with E-state index >= 15 is 0 Å². The van der Waals surface area contributed by atoms with Gasteiger partial charge in [-0.2, -0.15) is 0 Å². The lowest BCUT2D eigenvalue weighted by atomic mass is 10.00. The van der Waals surface area contributed by atoms with Crippen molar-refractivity contribution < 1.29 is 14.5 Å². The van der Waals surface area contributed by atoms with E-state index < -0.39 is 4.92 Å². The predicted molar refractivity (Wildman–Crippen MR) is 134 cm³/mol. The number of hydrogen-bond acceptors (Lipinski definition) is 4. The van der Waals surface area contributed by atoms with Crippen molar-refractivity contribution in [3.8, 4) is 5.75 Å². The molecule has 0 saturated carbocycles. The lowest BCUT2D eigenvalue weighted by molar-refractivity contribution is -0.384. The highest BCUT2D eigenvalue weighted by Crippen LogP contribution is 2.27. The number of ether oxygens (including phenoxy) is 1. The number of nitrogens with zero attached hydrogens (tertiary/aromatic N) is 1. The number of amides is 1. The maximum absolute atomic E-state index is 12.2. The zero-order valence-corrected chi connectivity index (χ0v) is 20.5. The van der Waals surface area contributed by atoms with Crippen molar-refractivity contribution in [3.63, 3.8) is 0 Å². The highest BCUT2D eigenvalue weighted by Gasteiger charge is 2.14. The first-order valence-corrected chi connectivity index (χ1v) is 12.3. The van der Waals surface area contributed by atoms with Crippen LogP contribution in [0.3, 0.4) is 0 Å². The van der Waals surface area contributed by atoms with Gasteiger partial charge in [-0.15, -0.1) is 0 Å². The summed E-state index contributed by atoms with van der Waals surface area (Å²) in [7, 11) is 0. The summed E-state index contributed by atoms with van der Waals surface area (Å²) in [6, 6.07) is 10.7. The van der Waals surface area contributed by atoms with E-state index in [1.54, 1.807) is 6.07 Å². The Balaban J connectivity index is 1.87. The van der Waals surface area contributed by atoms with Gasteiger partial charge in [-0.05, 0) is 61.4 Å². The van der Waals surface area contributed by atoms with Gasteiger partial charge in [0.1, 0.15) is 10.8 Å². The van der Waals surface area contributed by atoms with Crippen LogP contribution in [0.25, 0.3) is 0 Å². The van der Waals surface area contributed by atoms with Crippen LogP contribution < -0.4 is 10.1 Å². The molecule has 6 nitrogen and oxygen atoms in total. The van der Waals surface area contributed by atoms with Gasteiger partial charge in [-0.3, -0.25) is 14.9 Å². The van der Waals surface area contributed by atoms with Crippen LogP contribution in [0.4, 0.5) is 11.4 Å². The summed E-state index contributed by atoms with van der Waals surface area (Å²) < 4.78 is 6.03. The number of unbranched alkanes of at least 4 members (excludes halogenated alkanes) is 4. The van der Waals surface area contributed by atoms with Crippen LogP contribution >= 0.6 is 11.6 Å². The second-order valence-corrected chi connectivity index (χ2v) is 8.69. The van der Waals surface area contributed by atoms with Crippen LogP contribution in [0.15, 0.2) is 36.4 Å². The third-order valence-corrected chi connectivity index (χ3v) is 5.80. The Morgan fingerprint density at radius 3 is 2.42 bits per heavy atom. The average Bonchev–Trinajstić information content (AvgIpc) is 2.79. The normalized spacial score (nSPS) is 10.8. The van der Waals surface area contributed by atoms with Crippen molar-refractivity contribution in [3.05, 3.63) is 62.7 Å². The monoisotopic (exact) mass is 474 g/mol. The third-order valence-electron chi connectivity index (χ3n) is 5.48. The van der Waals surface area contributed by atoms with Crippen molar-refractivity contribution in [1.82, 2.24) is 0 Å². The summed E-state index contributed by atoms with van der Waals surface area (Å²) in [5.41, 5.74) is 2.73. The Hall–Kier alpha value is -2.60. The fourth-order valence-corrected chi connectivity index (χ4v) is 3.82. The molecule has 2 rings (SSSR count). The number of halogens is 1. The van der Waals surface area contributed by atoms with Gasteiger partial charge < -0.3 is 10.1 Å². The van der Waals surface area contributed by atoms with E-state index in [0.717, 1.165) is 25.0 Å². The fourth-order valence-electron chi connectivity index (χ4n) is 3.64. The lowest BCUT2D eigenvalue weighted by Gasteiger charge is -2.14. The summed E-state index contributed by atoms with van der Waals surface area (Å²) >= 11 is 5.81. The van der Waals surface area contributed by atoms with Crippen LogP contribution in [0.5, 0.6) is 5.75 Å². The van der Waals surface area contributed by atoms with E-state index in [0.29, 0.717) is 18.7 Å². The number of carbonyl (C=O) groups excluding carboxylic acids is 1. The van der Waals surface area contributed by atoms with E-state index in [1.165, 1.54) is 55.4 Å². The standard InChI is InChI=1S/C26H35ClN2O4/c1-3-5-7-10-20-13-16-25(21(18-20)11-8-6-4-2)33-17-9-12-26(30)28-22-14-15-23(27)24(19-22)29(31)32/h13-16,18-19H,3-12,17H2,1-2H3,(H,28,30). The molecule has 2 aromatic carbocycles. The molecule has 0 aliphatic carbocycles. The zero-order chi connectivity index (χ0) is 24.1. The predicted octanol–water partition coefficient (Wildman–Crippen LogP) is 7.51. The summed E-state index contributed by atoms with van der Waals surface area (Å²) in [4.78, 5) is 22.7. The lowest BCUT2D eigenvalue weighted by Crippen LogP contribution is -2.13. The van der Waals surface area contributed by atoms with Gasteiger partial charge in [-0.25, -0.2) is 0 Å².